The summed E-state index contributed by atoms with van der Waals surface area (Å²) < 4.78 is 10.7. The van der Waals surface area contributed by atoms with Crippen molar-refractivity contribution in [1.29, 1.82) is 0 Å². The smallest absolute Gasteiger partial charge is 0.341 e. The van der Waals surface area contributed by atoms with E-state index >= 15 is 0 Å². The molecule has 0 unspecified atom stereocenters. The minimum atomic E-state index is -1.20. The number of nitrogens with zero attached hydrogens (tertiary/aromatic N) is 3. The molecule has 2 N–H and O–H groups in total. The summed E-state index contributed by atoms with van der Waals surface area (Å²) in [4.78, 5) is 42.6. The molecule has 10 nitrogen and oxygen atoms in total. The number of pyridine rings is 1. The highest BCUT2D eigenvalue weighted by atomic mass is 16.5. The van der Waals surface area contributed by atoms with Gasteiger partial charge in [-0.25, -0.2) is 9.59 Å². The molecule has 0 amide bonds. The lowest BCUT2D eigenvalue weighted by molar-refractivity contribution is -0.140. The standard InChI is InChI=1S/C21H23N3O7/c1-14(25)20-17(30-12-18(26)27)3-2-16(21(20)31-13-19(28)29)24-10-8-23(9-11-24)15-4-6-22-7-5-15/h2-7H,8-13H2,1H3,(H,26,27)(H,28,29). The molecule has 1 aliphatic rings. The number of aromatic nitrogens is 1. The van der Waals surface area contributed by atoms with Gasteiger partial charge < -0.3 is 29.5 Å². The number of hydrogen-bond acceptors (Lipinski definition) is 8. The maximum atomic E-state index is 12.4. The van der Waals surface area contributed by atoms with Crippen LogP contribution in [0.15, 0.2) is 36.7 Å². The van der Waals surface area contributed by atoms with Crippen LogP contribution >= 0.6 is 0 Å². The fourth-order valence-corrected chi connectivity index (χ4v) is 3.44. The Morgan fingerprint density at radius 2 is 1.48 bits per heavy atom. The molecule has 0 saturated carbocycles. The molecule has 1 aliphatic heterocycles. The van der Waals surface area contributed by atoms with Gasteiger partial charge in [-0.15, -0.1) is 0 Å². The van der Waals surface area contributed by atoms with E-state index in [1.807, 2.05) is 17.0 Å². The minimum absolute atomic E-state index is 0.0246. The number of hydrogen-bond donors (Lipinski definition) is 2. The normalized spacial score (nSPS) is 13.6. The molecule has 0 bridgehead atoms. The zero-order valence-electron chi connectivity index (χ0n) is 17.0. The van der Waals surface area contributed by atoms with E-state index in [2.05, 4.69) is 9.88 Å². The fourth-order valence-electron chi connectivity index (χ4n) is 3.44. The van der Waals surface area contributed by atoms with Gasteiger partial charge in [0, 0.05) is 44.3 Å². The third-order valence-electron chi connectivity index (χ3n) is 4.79. The van der Waals surface area contributed by atoms with Gasteiger partial charge in [0.15, 0.2) is 24.7 Å². The molecular weight excluding hydrogens is 406 g/mol. The van der Waals surface area contributed by atoms with Crippen LogP contribution in [0, 0.1) is 0 Å². The van der Waals surface area contributed by atoms with Crippen molar-refractivity contribution >= 4 is 29.1 Å². The Bertz CT molecular complexity index is 957. The zero-order chi connectivity index (χ0) is 22.4. The Morgan fingerprint density at radius 3 is 2.06 bits per heavy atom. The van der Waals surface area contributed by atoms with Crippen LogP contribution in [0.3, 0.4) is 0 Å². The summed E-state index contributed by atoms with van der Waals surface area (Å²) in [6.45, 7) is 2.64. The van der Waals surface area contributed by atoms with Crippen LogP contribution in [-0.4, -0.2) is 72.3 Å². The van der Waals surface area contributed by atoms with Crippen molar-refractivity contribution in [1.82, 2.24) is 4.98 Å². The summed E-state index contributed by atoms with van der Waals surface area (Å²) in [5, 5.41) is 18.0. The molecule has 1 fully saturated rings. The molecule has 3 rings (SSSR count). The minimum Gasteiger partial charge on any atom is -0.481 e. The number of Topliss-reactive ketones (excluding diaryl/α,β-unsaturated/α-hetero) is 1. The molecular formula is C21H23N3O7. The maximum Gasteiger partial charge on any atom is 0.341 e. The molecule has 10 heteroatoms. The van der Waals surface area contributed by atoms with E-state index in [-0.39, 0.29) is 17.1 Å². The van der Waals surface area contributed by atoms with Crippen molar-refractivity contribution in [3.63, 3.8) is 0 Å². The number of carbonyl (C=O) groups excluding carboxylic acids is 1. The van der Waals surface area contributed by atoms with Crippen LogP contribution in [0.5, 0.6) is 11.5 Å². The van der Waals surface area contributed by atoms with Crippen molar-refractivity contribution in [3.8, 4) is 11.5 Å². The summed E-state index contributed by atoms with van der Waals surface area (Å²) in [6, 6.07) is 7.03. The number of ketones is 1. The summed E-state index contributed by atoms with van der Waals surface area (Å²) in [5.41, 5.74) is 1.64. The quantitative estimate of drug-likeness (QED) is 0.566. The lowest BCUT2D eigenvalue weighted by atomic mass is 10.1. The summed E-state index contributed by atoms with van der Waals surface area (Å²) >= 11 is 0. The van der Waals surface area contributed by atoms with Crippen LogP contribution in [0.25, 0.3) is 0 Å². The highest BCUT2D eigenvalue weighted by Gasteiger charge is 2.26. The number of rotatable bonds is 9. The first kappa shape index (κ1) is 21.9. The van der Waals surface area contributed by atoms with E-state index in [1.54, 1.807) is 18.5 Å². The molecule has 0 atom stereocenters. The first-order chi connectivity index (χ1) is 14.9. The maximum absolute atomic E-state index is 12.4. The Kier molecular flexibility index (Phi) is 6.91. The van der Waals surface area contributed by atoms with E-state index in [0.717, 1.165) is 5.69 Å². The van der Waals surface area contributed by atoms with Crippen LogP contribution in [0.2, 0.25) is 0 Å². The number of benzene rings is 1. The van der Waals surface area contributed by atoms with Gasteiger partial charge in [0.2, 0.25) is 0 Å². The van der Waals surface area contributed by atoms with Gasteiger partial charge in [-0.05, 0) is 31.2 Å². The van der Waals surface area contributed by atoms with Gasteiger partial charge in [-0.1, -0.05) is 0 Å². The Balaban J connectivity index is 1.89. The van der Waals surface area contributed by atoms with Crippen LogP contribution in [-0.2, 0) is 9.59 Å². The van der Waals surface area contributed by atoms with Gasteiger partial charge in [0.05, 0.1) is 5.69 Å². The monoisotopic (exact) mass is 429 g/mol. The summed E-state index contributed by atoms with van der Waals surface area (Å²) in [5.74, 6) is -2.69. The number of aliphatic carboxylic acids is 2. The van der Waals surface area contributed by atoms with Crippen LogP contribution in [0.4, 0.5) is 11.4 Å². The predicted octanol–water partition coefficient (Wildman–Crippen LogP) is 1.54. The largest absolute Gasteiger partial charge is 0.481 e. The third kappa shape index (κ3) is 5.41. The Labute approximate surface area is 178 Å². The first-order valence-corrected chi connectivity index (χ1v) is 9.64. The second kappa shape index (κ2) is 9.79. The topological polar surface area (TPSA) is 130 Å². The molecule has 1 aromatic carbocycles. The number of carbonyl (C=O) groups is 3. The van der Waals surface area contributed by atoms with Gasteiger partial charge >= 0.3 is 11.9 Å². The fraction of sp³-hybridized carbons (Fsp3) is 0.333. The van der Waals surface area contributed by atoms with Gasteiger partial charge in [0.25, 0.3) is 0 Å². The highest BCUT2D eigenvalue weighted by molar-refractivity contribution is 6.02. The molecule has 1 saturated heterocycles. The lowest BCUT2D eigenvalue weighted by Gasteiger charge is -2.38. The van der Waals surface area contributed by atoms with E-state index in [1.165, 1.54) is 13.0 Å². The Hall–Kier alpha value is -3.82. The molecule has 0 aliphatic carbocycles. The van der Waals surface area contributed by atoms with Crippen LogP contribution in [0.1, 0.15) is 17.3 Å². The SMILES string of the molecule is CC(=O)c1c(OCC(=O)O)ccc(N2CCN(c3ccncc3)CC2)c1OCC(=O)O. The van der Waals surface area contributed by atoms with Crippen molar-refractivity contribution in [3.05, 3.63) is 42.2 Å². The van der Waals surface area contributed by atoms with E-state index in [4.69, 9.17) is 19.7 Å². The number of carboxylic acid groups (broad SMARTS) is 2. The molecule has 1 aromatic heterocycles. The average Bonchev–Trinajstić information content (AvgIpc) is 2.76. The Morgan fingerprint density at radius 1 is 0.903 bits per heavy atom. The van der Waals surface area contributed by atoms with Crippen molar-refractivity contribution < 1.29 is 34.1 Å². The number of ether oxygens (including phenoxy) is 2. The zero-order valence-corrected chi connectivity index (χ0v) is 17.0. The van der Waals surface area contributed by atoms with Gasteiger partial charge in [-0.2, -0.15) is 0 Å². The van der Waals surface area contributed by atoms with Gasteiger partial charge in [0.1, 0.15) is 11.3 Å². The van der Waals surface area contributed by atoms with Crippen molar-refractivity contribution in [2.24, 2.45) is 0 Å². The second-order valence-electron chi connectivity index (χ2n) is 6.89. The van der Waals surface area contributed by atoms with Gasteiger partial charge in [-0.3, -0.25) is 9.78 Å². The van der Waals surface area contributed by atoms with Crippen molar-refractivity contribution in [2.45, 2.75) is 6.92 Å². The molecule has 164 valence electrons. The molecule has 31 heavy (non-hydrogen) atoms. The number of anilines is 2. The molecule has 0 radical (unpaired) electrons. The summed E-state index contributed by atoms with van der Waals surface area (Å²) in [7, 11) is 0. The van der Waals surface area contributed by atoms with Crippen LogP contribution < -0.4 is 19.3 Å². The second-order valence-corrected chi connectivity index (χ2v) is 6.89. The summed E-state index contributed by atoms with van der Waals surface area (Å²) in [6.07, 6.45) is 3.46. The number of piperazine rings is 1. The van der Waals surface area contributed by atoms with E-state index in [0.29, 0.717) is 31.9 Å². The highest BCUT2D eigenvalue weighted by Crippen LogP contribution is 2.39. The molecule has 0 spiro atoms. The third-order valence-corrected chi connectivity index (χ3v) is 4.79. The lowest BCUT2D eigenvalue weighted by Crippen LogP contribution is -2.46. The molecule has 2 aromatic rings. The average molecular weight is 429 g/mol. The molecule has 2 heterocycles. The van der Waals surface area contributed by atoms with E-state index < -0.39 is 30.9 Å². The first-order valence-electron chi connectivity index (χ1n) is 9.64. The van der Waals surface area contributed by atoms with Crippen molar-refractivity contribution in [2.75, 3.05) is 49.2 Å². The number of carboxylic acids is 2. The predicted molar refractivity (Wildman–Crippen MR) is 111 cm³/mol. The van der Waals surface area contributed by atoms with E-state index in [9.17, 15) is 14.4 Å².